The first-order valence-corrected chi connectivity index (χ1v) is 10.9. The summed E-state index contributed by atoms with van der Waals surface area (Å²) in [6, 6.07) is 7.45. The fraction of sp³-hybridized carbons (Fsp3) is 0.348. The highest BCUT2D eigenvalue weighted by atomic mass is 35.5. The van der Waals surface area contributed by atoms with E-state index in [1.54, 1.807) is 12.3 Å². The van der Waals surface area contributed by atoms with Crippen LogP contribution < -0.4 is 0 Å². The number of amides is 2. The number of hydrogen-bond donors (Lipinski definition) is 0. The lowest BCUT2D eigenvalue weighted by Gasteiger charge is -2.37. The minimum absolute atomic E-state index is 0.163. The maximum Gasteiger partial charge on any atom is 0.254 e. The highest BCUT2D eigenvalue weighted by Crippen LogP contribution is 2.49. The summed E-state index contributed by atoms with van der Waals surface area (Å²) in [4.78, 5) is 25.9. The van der Waals surface area contributed by atoms with Gasteiger partial charge >= 0.3 is 0 Å². The summed E-state index contributed by atoms with van der Waals surface area (Å²) in [5.74, 6) is -0.506. The lowest BCUT2D eigenvalue weighted by molar-refractivity contribution is -0.140. The Hall–Kier alpha value is -2.37. The van der Waals surface area contributed by atoms with Crippen molar-refractivity contribution in [1.29, 1.82) is 0 Å². The predicted molar refractivity (Wildman–Crippen MR) is 117 cm³/mol. The van der Waals surface area contributed by atoms with Gasteiger partial charge in [0.25, 0.3) is 11.8 Å². The number of halogens is 2. The number of aryl methyl sites for hydroxylation is 1. The van der Waals surface area contributed by atoms with Crippen molar-refractivity contribution in [3.63, 3.8) is 0 Å². The van der Waals surface area contributed by atoms with Crippen molar-refractivity contribution in [3.8, 4) is 5.69 Å². The van der Waals surface area contributed by atoms with E-state index in [1.165, 1.54) is 0 Å². The van der Waals surface area contributed by atoms with Gasteiger partial charge in [0.2, 0.25) is 0 Å². The number of fused-ring (bicyclic) bond motifs is 1. The van der Waals surface area contributed by atoms with E-state index in [2.05, 4.69) is 17.3 Å². The van der Waals surface area contributed by atoms with E-state index in [9.17, 15) is 9.59 Å². The maximum atomic E-state index is 12.9. The highest BCUT2D eigenvalue weighted by Gasteiger charge is 2.56. The largest absolute Gasteiger partial charge is 0.318 e. The van der Waals surface area contributed by atoms with Gasteiger partial charge in [-0.3, -0.25) is 9.59 Å². The topological polar surface area (TPSA) is 54.7 Å². The van der Waals surface area contributed by atoms with E-state index in [0.717, 1.165) is 40.5 Å². The molecule has 7 heteroatoms. The zero-order valence-corrected chi connectivity index (χ0v) is 18.2. The molecule has 6 rings (SSSR count). The van der Waals surface area contributed by atoms with Crippen molar-refractivity contribution < 1.29 is 9.59 Å². The van der Waals surface area contributed by atoms with Crippen LogP contribution in [-0.2, 0) is 9.59 Å². The summed E-state index contributed by atoms with van der Waals surface area (Å²) in [6.45, 7) is 3.95. The molecule has 2 fully saturated rings. The van der Waals surface area contributed by atoms with Crippen molar-refractivity contribution in [3.05, 3.63) is 63.4 Å². The van der Waals surface area contributed by atoms with Gasteiger partial charge in [-0.25, -0.2) is 0 Å². The Labute approximate surface area is 184 Å². The van der Waals surface area contributed by atoms with Crippen molar-refractivity contribution >= 4 is 41.2 Å². The number of hydrogen-bond acceptors (Lipinski definition) is 3. The van der Waals surface area contributed by atoms with Crippen molar-refractivity contribution in [2.45, 2.75) is 26.7 Å². The third-order valence-electron chi connectivity index (χ3n) is 6.68. The molecule has 4 atom stereocenters. The fourth-order valence-corrected chi connectivity index (χ4v) is 5.52. The Balaban J connectivity index is 1.45. The van der Waals surface area contributed by atoms with Gasteiger partial charge in [-0.1, -0.05) is 35.4 Å². The van der Waals surface area contributed by atoms with Gasteiger partial charge in [-0.15, -0.1) is 0 Å². The number of rotatable bonds is 3. The molecule has 0 N–H and O–H groups in total. The number of carbonyl (C=O) groups excluding carboxylic acids is 2. The van der Waals surface area contributed by atoms with E-state index >= 15 is 0 Å². The highest BCUT2D eigenvalue weighted by molar-refractivity contribution is 6.42. The van der Waals surface area contributed by atoms with E-state index in [-0.39, 0.29) is 35.5 Å². The smallest absolute Gasteiger partial charge is 0.254 e. The summed E-state index contributed by atoms with van der Waals surface area (Å²) in [7, 11) is 0. The molecule has 1 aliphatic heterocycles. The van der Waals surface area contributed by atoms with Crippen LogP contribution in [-0.4, -0.2) is 27.6 Å². The number of nitrogens with zero attached hydrogens (tertiary/aromatic N) is 3. The summed E-state index contributed by atoms with van der Waals surface area (Å²) in [5, 5.41) is 6.42. The van der Waals surface area contributed by atoms with Gasteiger partial charge in [0.05, 0.1) is 28.1 Å². The first-order chi connectivity index (χ1) is 14.4. The number of hydrazone groups is 1. The minimum Gasteiger partial charge on any atom is -0.318 e. The third-order valence-corrected chi connectivity index (χ3v) is 7.42. The average molecular weight is 442 g/mol. The molecule has 4 aliphatic rings. The molecule has 0 spiro atoms. The summed E-state index contributed by atoms with van der Waals surface area (Å²) in [6.07, 6.45) is 7.78. The van der Waals surface area contributed by atoms with Crippen LogP contribution in [0.2, 0.25) is 10.0 Å². The molecule has 2 heterocycles. The molecule has 1 saturated carbocycles. The molecule has 154 valence electrons. The second kappa shape index (κ2) is 7.10. The normalized spacial score (nSPS) is 27.5. The average Bonchev–Trinajstić information content (AvgIpc) is 3.17. The molecule has 2 bridgehead atoms. The molecule has 1 saturated heterocycles. The van der Waals surface area contributed by atoms with Crippen molar-refractivity contribution in [1.82, 2.24) is 9.58 Å². The third kappa shape index (κ3) is 2.87. The van der Waals surface area contributed by atoms with Crippen LogP contribution in [0.25, 0.3) is 5.69 Å². The van der Waals surface area contributed by atoms with Crippen LogP contribution >= 0.6 is 23.2 Å². The molecule has 1 aromatic carbocycles. The molecule has 30 heavy (non-hydrogen) atoms. The first kappa shape index (κ1) is 19.6. The monoisotopic (exact) mass is 441 g/mol. The van der Waals surface area contributed by atoms with Gasteiger partial charge in [0, 0.05) is 22.6 Å². The molecule has 2 amide bonds. The lowest BCUT2D eigenvalue weighted by atomic mass is 9.63. The van der Waals surface area contributed by atoms with Crippen molar-refractivity contribution in [2.75, 3.05) is 0 Å². The van der Waals surface area contributed by atoms with Crippen LogP contribution in [0.5, 0.6) is 0 Å². The molecule has 2 aromatic rings. The van der Waals surface area contributed by atoms with E-state index in [1.807, 2.05) is 36.6 Å². The van der Waals surface area contributed by atoms with E-state index in [0.29, 0.717) is 10.0 Å². The zero-order chi connectivity index (χ0) is 21.2. The molecule has 0 radical (unpaired) electrons. The Bertz CT molecular complexity index is 1100. The fourth-order valence-electron chi connectivity index (χ4n) is 5.23. The van der Waals surface area contributed by atoms with Gasteiger partial charge in [0.15, 0.2) is 0 Å². The Morgan fingerprint density at radius 1 is 0.967 bits per heavy atom. The van der Waals surface area contributed by atoms with Crippen LogP contribution in [0.15, 0.2) is 41.5 Å². The summed E-state index contributed by atoms with van der Waals surface area (Å²) < 4.78 is 2.04. The summed E-state index contributed by atoms with van der Waals surface area (Å²) in [5.41, 5.74) is 3.66. The summed E-state index contributed by atoms with van der Waals surface area (Å²) >= 11 is 12.2. The molecule has 0 unspecified atom stereocenters. The van der Waals surface area contributed by atoms with Gasteiger partial charge < -0.3 is 4.57 Å². The maximum absolute atomic E-state index is 12.9. The molecule has 3 aliphatic carbocycles. The Morgan fingerprint density at radius 2 is 1.60 bits per heavy atom. The standard InChI is InChI=1S/C23H21Cl2N3O2/c1-12-9-16(13(2)27(12)17-7-8-18(24)19(25)10-17)11-26-28-22(29)20-14-3-4-15(6-5-14)21(20)23(28)30/h3-4,7-11,14-15,20-21H,5-6H2,1-2H3/b26-11-/t14-,15-,20-,21+/m0/s1. The SMILES string of the molecule is Cc1cc(/C=N\N2C(=O)[C@@H]3[C@H](C2=O)[C@H]2C=C[C@H]3CC2)c(C)n1-c1ccc(Cl)c(Cl)c1. The molecule has 1 aromatic heterocycles. The van der Waals surface area contributed by atoms with Crippen LogP contribution in [0.1, 0.15) is 29.8 Å². The number of carbonyl (C=O) groups is 2. The quantitative estimate of drug-likeness (QED) is 0.385. The predicted octanol–water partition coefficient (Wildman–Crippen LogP) is 4.93. The lowest BCUT2D eigenvalue weighted by Crippen LogP contribution is -2.38. The van der Waals surface area contributed by atoms with Crippen LogP contribution in [0.4, 0.5) is 0 Å². The second-order valence-corrected chi connectivity index (χ2v) is 9.15. The molecular weight excluding hydrogens is 421 g/mol. The number of allylic oxidation sites excluding steroid dienone is 2. The van der Waals surface area contributed by atoms with E-state index < -0.39 is 0 Å². The number of benzene rings is 1. The van der Waals surface area contributed by atoms with Crippen LogP contribution in [0, 0.1) is 37.5 Å². The zero-order valence-electron chi connectivity index (χ0n) is 16.7. The Kier molecular flexibility index (Phi) is 4.64. The number of imide groups is 1. The van der Waals surface area contributed by atoms with Gasteiger partial charge in [0.1, 0.15) is 0 Å². The molecular formula is C23H21Cl2N3O2. The van der Waals surface area contributed by atoms with Crippen molar-refractivity contribution in [2.24, 2.45) is 28.8 Å². The van der Waals surface area contributed by atoms with E-state index in [4.69, 9.17) is 23.2 Å². The minimum atomic E-state index is -0.248. The van der Waals surface area contributed by atoms with Gasteiger partial charge in [-0.05, 0) is 62.8 Å². The van der Waals surface area contributed by atoms with Gasteiger partial charge in [-0.2, -0.15) is 10.1 Å². The Morgan fingerprint density at radius 3 is 2.17 bits per heavy atom. The molecule has 5 nitrogen and oxygen atoms in total. The second-order valence-electron chi connectivity index (χ2n) is 8.33. The first-order valence-electron chi connectivity index (χ1n) is 10.1. The number of aromatic nitrogens is 1. The van der Waals surface area contributed by atoms with Crippen LogP contribution in [0.3, 0.4) is 0 Å².